The van der Waals surface area contributed by atoms with Crippen molar-refractivity contribution in [3.8, 4) is 39.1 Å². The zero-order valence-corrected chi connectivity index (χ0v) is 36.8. The summed E-state index contributed by atoms with van der Waals surface area (Å²) >= 11 is 0. The fourth-order valence-corrected chi connectivity index (χ4v) is 11.1. The zero-order valence-electron chi connectivity index (χ0n) is 36.8. The maximum absolute atomic E-state index is 2.46. The van der Waals surface area contributed by atoms with E-state index < -0.39 is 5.41 Å². The van der Waals surface area contributed by atoms with Gasteiger partial charge in [0.05, 0.1) is 22.1 Å². The Labute approximate surface area is 390 Å². The van der Waals surface area contributed by atoms with E-state index in [0.29, 0.717) is 0 Å². The van der Waals surface area contributed by atoms with E-state index in [1.165, 1.54) is 82.6 Å². The van der Waals surface area contributed by atoms with Crippen molar-refractivity contribution in [2.75, 3.05) is 4.90 Å². The fourth-order valence-electron chi connectivity index (χ4n) is 11.1. The lowest BCUT2D eigenvalue weighted by Gasteiger charge is -2.35. The molecule has 0 unspecified atom stereocenters. The lowest BCUT2D eigenvalue weighted by molar-refractivity contribution is 0.768. The van der Waals surface area contributed by atoms with Gasteiger partial charge >= 0.3 is 0 Å². The second kappa shape index (κ2) is 15.8. The average Bonchev–Trinajstić information content (AvgIpc) is 3.90. The molecule has 0 fully saturated rings. The molecule has 0 aliphatic heterocycles. The van der Waals surface area contributed by atoms with Crippen LogP contribution in [0.2, 0.25) is 0 Å². The molecule has 0 bridgehead atoms. The summed E-state index contributed by atoms with van der Waals surface area (Å²) in [6.07, 6.45) is 0. The van der Waals surface area contributed by atoms with Crippen LogP contribution in [0.3, 0.4) is 0 Å². The Morgan fingerprint density at radius 1 is 0.299 bits per heavy atom. The van der Waals surface area contributed by atoms with Gasteiger partial charge in [-0.05, 0) is 122 Å². The first-order valence-corrected chi connectivity index (χ1v) is 23.2. The van der Waals surface area contributed by atoms with Gasteiger partial charge in [0.15, 0.2) is 0 Å². The molecular formula is C65H44N2. The summed E-state index contributed by atoms with van der Waals surface area (Å²) in [7, 11) is 0. The predicted octanol–water partition coefficient (Wildman–Crippen LogP) is 17.1. The highest BCUT2D eigenvalue weighted by Crippen LogP contribution is 2.57. The molecule has 0 saturated heterocycles. The molecule has 12 aromatic rings. The first-order valence-electron chi connectivity index (χ1n) is 23.2. The Bertz CT molecular complexity index is 3710. The number of anilines is 3. The van der Waals surface area contributed by atoms with Crippen LogP contribution in [0.15, 0.2) is 267 Å². The van der Waals surface area contributed by atoms with E-state index >= 15 is 0 Å². The predicted molar refractivity (Wildman–Crippen MR) is 281 cm³/mol. The van der Waals surface area contributed by atoms with Gasteiger partial charge in [-0.15, -0.1) is 0 Å². The number of para-hydroxylation sites is 3. The molecule has 2 nitrogen and oxygen atoms in total. The van der Waals surface area contributed by atoms with E-state index in [1.807, 2.05) is 0 Å². The molecule has 13 rings (SSSR count). The minimum absolute atomic E-state index is 0.524. The third-order valence-electron chi connectivity index (χ3n) is 14.0. The van der Waals surface area contributed by atoms with Crippen LogP contribution in [0.25, 0.3) is 71.6 Å². The van der Waals surface area contributed by atoms with Gasteiger partial charge in [-0.25, -0.2) is 0 Å². The quantitative estimate of drug-likeness (QED) is 0.148. The summed E-state index contributed by atoms with van der Waals surface area (Å²) in [4.78, 5) is 2.44. The van der Waals surface area contributed by atoms with E-state index in [9.17, 15) is 0 Å². The molecular weight excluding hydrogens is 809 g/mol. The van der Waals surface area contributed by atoms with Crippen LogP contribution in [-0.2, 0) is 5.41 Å². The van der Waals surface area contributed by atoms with E-state index in [1.54, 1.807) is 0 Å². The zero-order chi connectivity index (χ0) is 44.3. The minimum atomic E-state index is -0.524. The van der Waals surface area contributed by atoms with Crippen LogP contribution in [0.1, 0.15) is 22.3 Å². The molecule has 2 heteroatoms. The first-order chi connectivity index (χ1) is 33.2. The van der Waals surface area contributed by atoms with Crippen molar-refractivity contribution in [1.82, 2.24) is 4.57 Å². The van der Waals surface area contributed by atoms with Crippen LogP contribution in [0, 0.1) is 0 Å². The third kappa shape index (κ3) is 6.18. The summed E-state index contributed by atoms with van der Waals surface area (Å²) in [6.45, 7) is 0. The van der Waals surface area contributed by atoms with Crippen LogP contribution in [0.5, 0.6) is 0 Å². The van der Waals surface area contributed by atoms with Crippen molar-refractivity contribution in [1.29, 1.82) is 0 Å². The summed E-state index contributed by atoms with van der Waals surface area (Å²) in [5.41, 5.74) is 18.6. The SMILES string of the molecule is c1ccc(C2(c3ccccc3)c3ccccc3-c3ccc(N(c4ccc(-c5ccccc5-n5c6ccccc6c6ccccc65)cc4)c4cccc(-c5ccc6ccccc6c5)c4)cc32)cc1. The van der Waals surface area contributed by atoms with Crippen molar-refractivity contribution in [2.24, 2.45) is 0 Å². The molecule has 1 aliphatic carbocycles. The fraction of sp³-hybridized carbons (Fsp3) is 0.0154. The van der Waals surface area contributed by atoms with Gasteiger partial charge in [-0.1, -0.05) is 206 Å². The van der Waals surface area contributed by atoms with Crippen molar-refractivity contribution in [2.45, 2.75) is 5.41 Å². The second-order valence-electron chi connectivity index (χ2n) is 17.6. The summed E-state index contributed by atoms with van der Waals surface area (Å²) in [6, 6.07) is 98.1. The number of benzene rings is 11. The average molecular weight is 853 g/mol. The van der Waals surface area contributed by atoms with Gasteiger partial charge in [0.1, 0.15) is 0 Å². The van der Waals surface area contributed by atoms with Crippen LogP contribution in [-0.4, -0.2) is 4.57 Å². The van der Waals surface area contributed by atoms with Gasteiger partial charge < -0.3 is 9.47 Å². The molecule has 0 N–H and O–H groups in total. The normalized spacial score (nSPS) is 12.6. The van der Waals surface area contributed by atoms with Crippen molar-refractivity contribution >= 4 is 49.6 Å². The number of rotatable bonds is 8. The van der Waals surface area contributed by atoms with Gasteiger partial charge in [0, 0.05) is 33.4 Å². The van der Waals surface area contributed by atoms with E-state index in [4.69, 9.17) is 0 Å². The largest absolute Gasteiger partial charge is 0.310 e. The Morgan fingerprint density at radius 2 is 0.836 bits per heavy atom. The molecule has 67 heavy (non-hydrogen) atoms. The molecule has 0 radical (unpaired) electrons. The molecule has 0 amide bonds. The maximum atomic E-state index is 2.46. The smallest absolute Gasteiger partial charge is 0.0714 e. The summed E-state index contributed by atoms with van der Waals surface area (Å²) < 4.78 is 2.42. The monoisotopic (exact) mass is 852 g/mol. The number of hydrogen-bond acceptors (Lipinski definition) is 1. The Kier molecular flexibility index (Phi) is 9.11. The van der Waals surface area contributed by atoms with E-state index in [-0.39, 0.29) is 0 Å². The Morgan fingerprint density at radius 3 is 1.57 bits per heavy atom. The Balaban J connectivity index is 1.00. The molecule has 11 aromatic carbocycles. The molecule has 1 aliphatic rings. The summed E-state index contributed by atoms with van der Waals surface area (Å²) in [5.74, 6) is 0. The van der Waals surface area contributed by atoms with Gasteiger partial charge in [0.2, 0.25) is 0 Å². The van der Waals surface area contributed by atoms with Crippen LogP contribution >= 0.6 is 0 Å². The number of fused-ring (bicyclic) bond motifs is 7. The maximum Gasteiger partial charge on any atom is 0.0714 e. The van der Waals surface area contributed by atoms with Crippen molar-refractivity contribution < 1.29 is 0 Å². The molecule has 0 atom stereocenters. The molecule has 1 aromatic heterocycles. The highest BCUT2D eigenvalue weighted by atomic mass is 15.1. The lowest BCUT2D eigenvalue weighted by Crippen LogP contribution is -2.28. The van der Waals surface area contributed by atoms with E-state index in [0.717, 1.165) is 28.3 Å². The first kappa shape index (κ1) is 38.7. The molecule has 1 heterocycles. The topological polar surface area (TPSA) is 8.17 Å². The van der Waals surface area contributed by atoms with Gasteiger partial charge in [-0.2, -0.15) is 0 Å². The van der Waals surface area contributed by atoms with Gasteiger partial charge in [-0.3, -0.25) is 0 Å². The van der Waals surface area contributed by atoms with Crippen LogP contribution in [0.4, 0.5) is 17.1 Å². The van der Waals surface area contributed by atoms with Crippen molar-refractivity contribution in [3.05, 3.63) is 289 Å². The van der Waals surface area contributed by atoms with Gasteiger partial charge in [0.25, 0.3) is 0 Å². The Hall–Kier alpha value is -8.72. The second-order valence-corrected chi connectivity index (χ2v) is 17.6. The standard InChI is InChI=1S/C65H44N2/c1-3-21-50(22-4-1)65(51-23-5-2-6-24-51)60-30-13-9-27-56(60)57-41-40-54(44-61(57)65)66(53-25-17-20-48(43-53)49-35-34-45-18-7-8-19-47(45)42-49)52-38-36-46(37-39-52)55-26-10-14-31-62(55)67-63-32-15-11-28-58(63)59-29-12-16-33-64(59)67/h1-44H. The highest BCUT2D eigenvalue weighted by Gasteiger charge is 2.46. The number of nitrogens with zero attached hydrogens (tertiary/aromatic N) is 2. The lowest BCUT2D eigenvalue weighted by atomic mass is 9.67. The molecule has 0 spiro atoms. The van der Waals surface area contributed by atoms with Crippen molar-refractivity contribution in [3.63, 3.8) is 0 Å². The highest BCUT2D eigenvalue weighted by molar-refractivity contribution is 6.09. The molecule has 0 saturated carbocycles. The number of hydrogen-bond donors (Lipinski definition) is 0. The van der Waals surface area contributed by atoms with E-state index in [2.05, 4.69) is 276 Å². The summed E-state index contributed by atoms with van der Waals surface area (Å²) in [5, 5.41) is 4.98. The minimum Gasteiger partial charge on any atom is -0.310 e. The third-order valence-corrected chi connectivity index (χ3v) is 14.0. The molecule has 314 valence electrons. The number of aromatic nitrogens is 1. The van der Waals surface area contributed by atoms with Crippen LogP contribution < -0.4 is 4.90 Å².